The molecule has 2 aromatic rings. The molecule has 0 heterocycles. The summed E-state index contributed by atoms with van der Waals surface area (Å²) in [5.41, 5.74) is 1.69. The highest BCUT2D eigenvalue weighted by Crippen LogP contribution is 2.20. The van der Waals surface area contributed by atoms with Gasteiger partial charge in [0.15, 0.2) is 11.6 Å². The van der Waals surface area contributed by atoms with Gasteiger partial charge in [-0.3, -0.25) is 0 Å². The van der Waals surface area contributed by atoms with Crippen LogP contribution in [0.5, 0.6) is 11.5 Å². The number of aryl methyl sites for hydroxylation is 1. The molecule has 0 unspecified atom stereocenters. The molecule has 0 amide bonds. The molecule has 0 aliphatic heterocycles. The first-order valence-corrected chi connectivity index (χ1v) is 6.43. The maximum absolute atomic E-state index is 13.6. The highest BCUT2D eigenvalue weighted by Gasteiger charge is 2.17. The van der Waals surface area contributed by atoms with Crippen LogP contribution >= 0.6 is 0 Å². The molecule has 4 nitrogen and oxygen atoms in total. The SMILES string of the molecule is COc1ccc(B(O)O)c(COc2cc(C)ccc2F)c1. The second kappa shape index (κ2) is 6.60. The zero-order chi connectivity index (χ0) is 15.4. The van der Waals surface area contributed by atoms with Gasteiger partial charge in [0, 0.05) is 0 Å². The number of hydrogen-bond donors (Lipinski definition) is 2. The van der Waals surface area contributed by atoms with Gasteiger partial charge in [0.05, 0.1) is 7.11 Å². The van der Waals surface area contributed by atoms with Crippen molar-refractivity contribution >= 4 is 12.6 Å². The molecule has 0 bridgehead atoms. The smallest absolute Gasteiger partial charge is 0.488 e. The van der Waals surface area contributed by atoms with E-state index in [1.54, 1.807) is 24.3 Å². The number of halogens is 1. The Balaban J connectivity index is 2.24. The van der Waals surface area contributed by atoms with Crippen molar-refractivity contribution in [1.29, 1.82) is 0 Å². The van der Waals surface area contributed by atoms with E-state index in [0.29, 0.717) is 16.8 Å². The van der Waals surface area contributed by atoms with Crippen LogP contribution in [0.3, 0.4) is 0 Å². The maximum Gasteiger partial charge on any atom is 0.488 e. The molecule has 21 heavy (non-hydrogen) atoms. The van der Waals surface area contributed by atoms with Crippen LogP contribution < -0.4 is 14.9 Å². The van der Waals surface area contributed by atoms with Crippen LogP contribution in [0.4, 0.5) is 4.39 Å². The second-order valence-electron chi connectivity index (χ2n) is 4.66. The van der Waals surface area contributed by atoms with Crippen LogP contribution in [-0.2, 0) is 6.61 Å². The number of methoxy groups -OCH3 is 1. The molecule has 0 spiro atoms. The summed E-state index contributed by atoms with van der Waals surface area (Å²) in [6.45, 7) is 1.84. The van der Waals surface area contributed by atoms with E-state index >= 15 is 0 Å². The summed E-state index contributed by atoms with van der Waals surface area (Å²) in [6, 6.07) is 9.35. The average molecular weight is 290 g/mol. The summed E-state index contributed by atoms with van der Waals surface area (Å²) in [5.74, 6) is 0.216. The van der Waals surface area contributed by atoms with E-state index in [-0.39, 0.29) is 12.4 Å². The maximum atomic E-state index is 13.6. The lowest BCUT2D eigenvalue weighted by atomic mass is 9.77. The molecule has 110 valence electrons. The second-order valence-corrected chi connectivity index (χ2v) is 4.66. The van der Waals surface area contributed by atoms with Gasteiger partial charge in [0.2, 0.25) is 0 Å². The lowest BCUT2D eigenvalue weighted by Crippen LogP contribution is -2.33. The molecule has 0 saturated heterocycles. The van der Waals surface area contributed by atoms with Gasteiger partial charge in [-0.1, -0.05) is 12.1 Å². The van der Waals surface area contributed by atoms with E-state index in [1.165, 1.54) is 19.2 Å². The van der Waals surface area contributed by atoms with E-state index in [0.717, 1.165) is 5.56 Å². The first kappa shape index (κ1) is 15.3. The zero-order valence-electron chi connectivity index (χ0n) is 11.8. The van der Waals surface area contributed by atoms with E-state index in [1.807, 2.05) is 6.92 Å². The molecule has 0 radical (unpaired) electrons. The Morgan fingerprint density at radius 1 is 1.14 bits per heavy atom. The van der Waals surface area contributed by atoms with E-state index < -0.39 is 12.9 Å². The van der Waals surface area contributed by atoms with Crippen molar-refractivity contribution in [3.05, 3.63) is 53.3 Å². The molecule has 0 atom stereocenters. The van der Waals surface area contributed by atoms with Crippen molar-refractivity contribution in [2.75, 3.05) is 7.11 Å². The van der Waals surface area contributed by atoms with Gasteiger partial charge < -0.3 is 19.5 Å². The average Bonchev–Trinajstić information content (AvgIpc) is 2.47. The molecular weight excluding hydrogens is 274 g/mol. The summed E-state index contributed by atoms with van der Waals surface area (Å²) >= 11 is 0. The molecule has 2 aromatic carbocycles. The minimum atomic E-state index is -1.63. The number of rotatable bonds is 5. The standard InChI is InChI=1S/C15H16BFO4/c1-10-3-6-14(17)15(7-10)21-9-11-8-12(20-2)4-5-13(11)16(18)19/h3-8,18-19H,9H2,1-2H3. The third-order valence-electron chi connectivity index (χ3n) is 3.10. The fourth-order valence-electron chi connectivity index (χ4n) is 1.96. The fourth-order valence-corrected chi connectivity index (χ4v) is 1.96. The van der Waals surface area contributed by atoms with Crippen LogP contribution in [0.1, 0.15) is 11.1 Å². The molecule has 2 N–H and O–H groups in total. The third-order valence-corrected chi connectivity index (χ3v) is 3.10. The zero-order valence-corrected chi connectivity index (χ0v) is 11.8. The van der Waals surface area contributed by atoms with E-state index in [2.05, 4.69) is 0 Å². The Hall–Kier alpha value is -2.05. The Morgan fingerprint density at radius 2 is 1.90 bits per heavy atom. The van der Waals surface area contributed by atoms with Crippen molar-refractivity contribution in [2.45, 2.75) is 13.5 Å². The van der Waals surface area contributed by atoms with Crippen molar-refractivity contribution in [1.82, 2.24) is 0 Å². The normalized spacial score (nSPS) is 10.3. The molecule has 0 aliphatic rings. The summed E-state index contributed by atoms with van der Waals surface area (Å²) in [4.78, 5) is 0. The van der Waals surface area contributed by atoms with Crippen LogP contribution in [0, 0.1) is 12.7 Å². The number of hydrogen-bond acceptors (Lipinski definition) is 4. The van der Waals surface area contributed by atoms with Gasteiger partial charge in [0.1, 0.15) is 12.4 Å². The van der Waals surface area contributed by atoms with Crippen molar-refractivity contribution in [3.63, 3.8) is 0 Å². The minimum Gasteiger partial charge on any atom is -0.497 e. The van der Waals surface area contributed by atoms with Gasteiger partial charge in [-0.25, -0.2) is 4.39 Å². The van der Waals surface area contributed by atoms with Gasteiger partial charge in [-0.2, -0.15) is 0 Å². The van der Waals surface area contributed by atoms with Gasteiger partial charge in [0.25, 0.3) is 0 Å². The highest BCUT2D eigenvalue weighted by atomic mass is 19.1. The summed E-state index contributed by atoms with van der Waals surface area (Å²) < 4.78 is 24.2. The molecule has 6 heteroatoms. The lowest BCUT2D eigenvalue weighted by Gasteiger charge is -2.13. The van der Waals surface area contributed by atoms with Crippen LogP contribution in [0.25, 0.3) is 0 Å². The quantitative estimate of drug-likeness (QED) is 0.817. The minimum absolute atomic E-state index is 0.00449. The van der Waals surface area contributed by atoms with Crippen LogP contribution in [0.15, 0.2) is 36.4 Å². The van der Waals surface area contributed by atoms with Gasteiger partial charge in [-0.15, -0.1) is 0 Å². The van der Waals surface area contributed by atoms with Gasteiger partial charge in [-0.05, 0) is 47.8 Å². The Bertz CT molecular complexity index is 631. The molecule has 0 fully saturated rings. The first-order valence-electron chi connectivity index (χ1n) is 6.43. The number of ether oxygens (including phenoxy) is 2. The molecular formula is C15H16BFO4. The Labute approximate surface area is 122 Å². The summed E-state index contributed by atoms with van der Waals surface area (Å²) in [5, 5.41) is 18.7. The summed E-state index contributed by atoms with van der Waals surface area (Å²) in [7, 11) is -0.119. The molecule has 0 saturated carbocycles. The van der Waals surface area contributed by atoms with Crippen molar-refractivity contribution < 1.29 is 23.9 Å². The highest BCUT2D eigenvalue weighted by molar-refractivity contribution is 6.59. The number of benzene rings is 2. The molecule has 0 aromatic heterocycles. The summed E-state index contributed by atoms with van der Waals surface area (Å²) in [6.07, 6.45) is 0. The lowest BCUT2D eigenvalue weighted by molar-refractivity contribution is 0.289. The van der Waals surface area contributed by atoms with Crippen molar-refractivity contribution in [2.24, 2.45) is 0 Å². The Morgan fingerprint density at radius 3 is 2.57 bits per heavy atom. The van der Waals surface area contributed by atoms with Gasteiger partial charge >= 0.3 is 7.12 Å². The predicted octanol–water partition coefficient (Wildman–Crippen LogP) is 1.40. The van der Waals surface area contributed by atoms with Crippen LogP contribution in [-0.4, -0.2) is 24.3 Å². The Kier molecular flexibility index (Phi) is 4.83. The topological polar surface area (TPSA) is 58.9 Å². The first-order chi connectivity index (χ1) is 10.0. The molecule has 2 rings (SSSR count). The van der Waals surface area contributed by atoms with E-state index in [9.17, 15) is 14.4 Å². The predicted molar refractivity (Wildman–Crippen MR) is 78.3 cm³/mol. The van der Waals surface area contributed by atoms with Crippen LogP contribution in [0.2, 0.25) is 0 Å². The van der Waals surface area contributed by atoms with E-state index in [4.69, 9.17) is 9.47 Å². The third kappa shape index (κ3) is 3.74. The largest absolute Gasteiger partial charge is 0.497 e. The monoisotopic (exact) mass is 290 g/mol. The fraction of sp³-hybridized carbons (Fsp3) is 0.200. The molecule has 0 aliphatic carbocycles. The van der Waals surface area contributed by atoms with Crippen molar-refractivity contribution in [3.8, 4) is 11.5 Å².